The van der Waals surface area contributed by atoms with Crippen molar-refractivity contribution in [2.75, 3.05) is 19.7 Å². The van der Waals surface area contributed by atoms with E-state index >= 15 is 0 Å². The van der Waals surface area contributed by atoms with Gasteiger partial charge in [-0.15, -0.1) is 0 Å². The highest BCUT2D eigenvalue weighted by Crippen LogP contribution is 2.19. The third kappa shape index (κ3) is 1.31. The maximum absolute atomic E-state index is 12.4. The highest BCUT2D eigenvalue weighted by Gasteiger charge is 2.35. The molecule has 2 aliphatic heterocycles. The van der Waals surface area contributed by atoms with E-state index in [2.05, 4.69) is 0 Å². The van der Waals surface area contributed by atoms with Crippen LogP contribution in [0, 0.1) is 0 Å². The number of ether oxygens (including phenoxy) is 1. The fourth-order valence-corrected chi connectivity index (χ4v) is 1.58. The molecule has 2 rings (SSSR count). The van der Waals surface area contributed by atoms with Crippen molar-refractivity contribution in [3.05, 3.63) is 0 Å². The second-order valence-corrected chi connectivity index (χ2v) is 3.34. The first-order valence-electron chi connectivity index (χ1n) is 4.32. The van der Waals surface area contributed by atoms with Crippen LogP contribution in [0.15, 0.2) is 0 Å². The summed E-state index contributed by atoms with van der Waals surface area (Å²) < 4.78 is 17.6. The van der Waals surface area contributed by atoms with E-state index in [-0.39, 0.29) is 25.1 Å². The molecule has 12 heavy (non-hydrogen) atoms. The Kier molecular flexibility index (Phi) is 2.00. The highest BCUT2D eigenvalue weighted by atomic mass is 19.1. The van der Waals surface area contributed by atoms with Gasteiger partial charge >= 0.3 is 0 Å². The summed E-state index contributed by atoms with van der Waals surface area (Å²) in [7, 11) is 0. The summed E-state index contributed by atoms with van der Waals surface area (Å²) in [5.41, 5.74) is 0. The van der Waals surface area contributed by atoms with E-state index < -0.39 is 6.17 Å². The average molecular weight is 173 g/mol. The molecule has 0 unspecified atom stereocenters. The van der Waals surface area contributed by atoms with Gasteiger partial charge < -0.3 is 9.64 Å². The molecular formula is C8H12FNO2. The molecule has 0 N–H and O–H groups in total. The number of hydrogen-bond acceptors (Lipinski definition) is 2. The predicted molar refractivity (Wildman–Crippen MR) is 40.5 cm³/mol. The van der Waals surface area contributed by atoms with Crippen molar-refractivity contribution in [2.45, 2.75) is 25.1 Å². The molecular weight excluding hydrogens is 161 g/mol. The van der Waals surface area contributed by atoms with Gasteiger partial charge in [-0.1, -0.05) is 0 Å². The van der Waals surface area contributed by atoms with Gasteiger partial charge in [0.25, 0.3) is 5.91 Å². The Balaban J connectivity index is 1.83. The zero-order valence-corrected chi connectivity index (χ0v) is 6.83. The number of likely N-dealkylation sites (tertiary alicyclic amines) is 1. The quantitative estimate of drug-likeness (QED) is 0.572. The molecule has 4 heteroatoms. The van der Waals surface area contributed by atoms with Gasteiger partial charge in [0, 0.05) is 6.61 Å². The second-order valence-electron chi connectivity index (χ2n) is 3.34. The van der Waals surface area contributed by atoms with Gasteiger partial charge in [0.05, 0.1) is 13.1 Å². The summed E-state index contributed by atoms with van der Waals surface area (Å²) in [5.74, 6) is -0.0265. The molecule has 2 saturated heterocycles. The van der Waals surface area contributed by atoms with Gasteiger partial charge in [-0.2, -0.15) is 0 Å². The van der Waals surface area contributed by atoms with Crippen molar-refractivity contribution < 1.29 is 13.9 Å². The second kappa shape index (κ2) is 3.01. The normalized spacial score (nSPS) is 30.4. The lowest BCUT2D eigenvalue weighted by atomic mass is 10.1. The van der Waals surface area contributed by atoms with Crippen LogP contribution >= 0.6 is 0 Å². The summed E-state index contributed by atoms with van der Waals surface area (Å²) >= 11 is 0. The minimum atomic E-state index is -0.810. The zero-order valence-electron chi connectivity index (χ0n) is 6.83. The molecule has 1 amide bonds. The molecule has 0 radical (unpaired) electrons. The van der Waals surface area contributed by atoms with Gasteiger partial charge in [-0.05, 0) is 12.8 Å². The Morgan fingerprint density at radius 3 is 2.75 bits per heavy atom. The van der Waals surface area contributed by atoms with E-state index in [0.29, 0.717) is 6.61 Å². The number of rotatable bonds is 1. The average Bonchev–Trinajstić information content (AvgIpc) is 2.49. The maximum Gasteiger partial charge on any atom is 0.251 e. The monoisotopic (exact) mass is 173 g/mol. The fourth-order valence-electron chi connectivity index (χ4n) is 1.58. The van der Waals surface area contributed by atoms with Crippen molar-refractivity contribution in [3.8, 4) is 0 Å². The van der Waals surface area contributed by atoms with Crippen molar-refractivity contribution in [2.24, 2.45) is 0 Å². The van der Waals surface area contributed by atoms with E-state index in [1.165, 1.54) is 4.90 Å². The van der Waals surface area contributed by atoms with Crippen LogP contribution in [0.1, 0.15) is 12.8 Å². The molecule has 3 nitrogen and oxygen atoms in total. The first kappa shape index (κ1) is 7.98. The van der Waals surface area contributed by atoms with E-state index in [9.17, 15) is 9.18 Å². The van der Waals surface area contributed by atoms with Crippen LogP contribution in [0.25, 0.3) is 0 Å². The number of alkyl halides is 1. The Hall–Kier alpha value is -0.640. The van der Waals surface area contributed by atoms with Crippen molar-refractivity contribution >= 4 is 5.91 Å². The molecule has 2 aliphatic rings. The molecule has 0 aromatic heterocycles. The molecule has 0 saturated carbocycles. The Labute approximate surface area is 70.5 Å². The van der Waals surface area contributed by atoms with Crippen LogP contribution in [0.3, 0.4) is 0 Å². The van der Waals surface area contributed by atoms with Gasteiger partial charge in [0.1, 0.15) is 12.3 Å². The summed E-state index contributed by atoms with van der Waals surface area (Å²) in [4.78, 5) is 12.9. The number of carbonyl (C=O) groups excluding carboxylic acids is 1. The topological polar surface area (TPSA) is 29.5 Å². The summed E-state index contributed by atoms with van der Waals surface area (Å²) in [5, 5.41) is 0. The molecule has 2 heterocycles. The summed E-state index contributed by atoms with van der Waals surface area (Å²) in [6, 6.07) is 0. The first-order chi connectivity index (χ1) is 5.77. The lowest BCUT2D eigenvalue weighted by Gasteiger charge is -2.35. The van der Waals surface area contributed by atoms with Gasteiger partial charge in [-0.3, -0.25) is 4.79 Å². The molecule has 2 fully saturated rings. The van der Waals surface area contributed by atoms with Crippen LogP contribution in [0.2, 0.25) is 0 Å². The van der Waals surface area contributed by atoms with Crippen molar-refractivity contribution in [1.82, 2.24) is 4.90 Å². The standard InChI is InChI=1S/C8H12FNO2/c9-6-4-10(5-6)8(11)7-2-1-3-12-7/h6-7H,1-5H2/t7-/m1/s1. The number of carbonyl (C=O) groups is 1. The van der Waals surface area contributed by atoms with Crippen molar-refractivity contribution in [3.63, 3.8) is 0 Å². The molecule has 1 atom stereocenters. The predicted octanol–water partition coefficient (Wildman–Crippen LogP) is 0.346. The van der Waals surface area contributed by atoms with E-state index in [1.54, 1.807) is 0 Å². The smallest absolute Gasteiger partial charge is 0.251 e. The van der Waals surface area contributed by atoms with E-state index in [1.807, 2.05) is 0 Å². The van der Waals surface area contributed by atoms with Crippen LogP contribution in [-0.4, -0.2) is 42.8 Å². The minimum absolute atomic E-state index is 0.0265. The highest BCUT2D eigenvalue weighted by molar-refractivity contribution is 5.82. The van der Waals surface area contributed by atoms with Crippen LogP contribution in [-0.2, 0) is 9.53 Å². The minimum Gasteiger partial charge on any atom is -0.368 e. The van der Waals surface area contributed by atoms with E-state index in [0.717, 1.165) is 12.8 Å². The Bertz CT molecular complexity index is 185. The third-order valence-electron chi connectivity index (χ3n) is 2.35. The van der Waals surface area contributed by atoms with Gasteiger partial charge in [0.15, 0.2) is 0 Å². The lowest BCUT2D eigenvalue weighted by molar-refractivity contribution is -0.148. The SMILES string of the molecule is O=C([C@H]1CCCO1)N1CC(F)C1. The van der Waals surface area contributed by atoms with Crippen LogP contribution < -0.4 is 0 Å². The van der Waals surface area contributed by atoms with Crippen LogP contribution in [0.4, 0.5) is 4.39 Å². The molecule has 68 valence electrons. The van der Waals surface area contributed by atoms with Gasteiger partial charge in [-0.25, -0.2) is 4.39 Å². The first-order valence-corrected chi connectivity index (χ1v) is 4.32. The molecule has 0 aliphatic carbocycles. The number of nitrogens with zero attached hydrogens (tertiary/aromatic N) is 1. The van der Waals surface area contributed by atoms with Gasteiger partial charge in [0.2, 0.25) is 0 Å². The van der Waals surface area contributed by atoms with Crippen LogP contribution in [0.5, 0.6) is 0 Å². The van der Waals surface area contributed by atoms with Crippen molar-refractivity contribution in [1.29, 1.82) is 0 Å². The zero-order chi connectivity index (χ0) is 8.55. The van der Waals surface area contributed by atoms with E-state index in [4.69, 9.17) is 4.74 Å². The Morgan fingerprint density at radius 1 is 1.50 bits per heavy atom. The fraction of sp³-hybridized carbons (Fsp3) is 0.875. The molecule has 0 bridgehead atoms. The number of halogens is 1. The third-order valence-corrected chi connectivity index (χ3v) is 2.35. The number of hydrogen-bond donors (Lipinski definition) is 0. The number of amides is 1. The molecule has 0 spiro atoms. The maximum atomic E-state index is 12.4. The summed E-state index contributed by atoms with van der Waals surface area (Å²) in [6.07, 6.45) is 0.656. The molecule has 0 aromatic rings. The summed E-state index contributed by atoms with van der Waals surface area (Å²) in [6.45, 7) is 1.20. The lowest BCUT2D eigenvalue weighted by Crippen LogP contribution is -2.54. The Morgan fingerprint density at radius 2 is 2.25 bits per heavy atom. The largest absolute Gasteiger partial charge is 0.368 e. The molecule has 0 aromatic carbocycles.